The van der Waals surface area contributed by atoms with Crippen molar-refractivity contribution in [1.29, 1.82) is 0 Å². The van der Waals surface area contributed by atoms with Gasteiger partial charge in [0.05, 0.1) is 0 Å². The SMILES string of the molecule is CCCc1cn(-c2cccn2CC(C)C)c(=O)n1CC1(c2cccc(-c3nn[nH]n3)c2)C=CN=CC1. The second-order valence-corrected chi connectivity index (χ2v) is 9.85. The van der Waals surface area contributed by atoms with Crippen molar-refractivity contribution in [2.24, 2.45) is 10.9 Å². The van der Waals surface area contributed by atoms with Gasteiger partial charge in [0.25, 0.3) is 0 Å². The summed E-state index contributed by atoms with van der Waals surface area (Å²) in [4.78, 5) is 18.3. The molecule has 1 aliphatic rings. The van der Waals surface area contributed by atoms with Crippen LogP contribution in [-0.4, -0.2) is 40.5 Å². The Morgan fingerprint density at radius 3 is 2.81 bits per heavy atom. The molecule has 1 aliphatic heterocycles. The van der Waals surface area contributed by atoms with Gasteiger partial charge in [0.15, 0.2) is 0 Å². The van der Waals surface area contributed by atoms with E-state index in [2.05, 4.69) is 69.2 Å². The lowest BCUT2D eigenvalue weighted by atomic mass is 9.76. The second-order valence-electron chi connectivity index (χ2n) is 9.85. The van der Waals surface area contributed by atoms with Crippen LogP contribution in [0.3, 0.4) is 0 Å². The molecule has 0 bridgehead atoms. The molecular formula is C27H32N8O. The molecule has 1 N–H and O–H groups in total. The van der Waals surface area contributed by atoms with Crippen LogP contribution in [0.15, 0.2) is 70.9 Å². The Kier molecular flexibility index (Phi) is 6.54. The number of hydrogen-bond acceptors (Lipinski definition) is 5. The molecule has 4 aromatic rings. The molecule has 186 valence electrons. The molecule has 0 spiro atoms. The van der Waals surface area contributed by atoms with Gasteiger partial charge in [-0.1, -0.05) is 51.5 Å². The highest BCUT2D eigenvalue weighted by molar-refractivity contribution is 5.65. The van der Waals surface area contributed by atoms with Crippen molar-refractivity contribution in [1.82, 2.24) is 34.3 Å². The molecule has 0 amide bonds. The minimum absolute atomic E-state index is 0.0215. The van der Waals surface area contributed by atoms with Gasteiger partial charge < -0.3 is 4.57 Å². The minimum Gasteiger partial charge on any atom is -0.334 e. The molecule has 1 aromatic carbocycles. The van der Waals surface area contributed by atoms with E-state index < -0.39 is 5.41 Å². The molecule has 3 aromatic heterocycles. The van der Waals surface area contributed by atoms with Crippen molar-refractivity contribution in [2.75, 3.05) is 0 Å². The van der Waals surface area contributed by atoms with E-state index in [-0.39, 0.29) is 5.69 Å². The summed E-state index contributed by atoms with van der Waals surface area (Å²) < 4.78 is 5.90. The van der Waals surface area contributed by atoms with E-state index in [9.17, 15) is 4.79 Å². The van der Waals surface area contributed by atoms with Crippen LogP contribution in [0.1, 0.15) is 44.9 Å². The number of aryl methyl sites for hydroxylation is 1. The Hall–Kier alpha value is -4.01. The number of tetrazole rings is 1. The van der Waals surface area contributed by atoms with Crippen LogP contribution < -0.4 is 5.69 Å². The van der Waals surface area contributed by atoms with Crippen LogP contribution in [0, 0.1) is 5.92 Å². The maximum Gasteiger partial charge on any atom is 0.334 e. The van der Waals surface area contributed by atoms with Crippen LogP contribution in [0.5, 0.6) is 0 Å². The van der Waals surface area contributed by atoms with Crippen molar-refractivity contribution >= 4 is 6.21 Å². The predicted molar refractivity (Wildman–Crippen MR) is 140 cm³/mol. The van der Waals surface area contributed by atoms with Gasteiger partial charge in [-0.3, -0.25) is 14.1 Å². The number of aliphatic imine (C=N–C) groups is 1. The maximum atomic E-state index is 13.9. The van der Waals surface area contributed by atoms with E-state index in [0.29, 0.717) is 24.7 Å². The molecule has 5 rings (SSSR count). The largest absolute Gasteiger partial charge is 0.334 e. The number of aromatic amines is 1. The van der Waals surface area contributed by atoms with Gasteiger partial charge in [-0.15, -0.1) is 10.2 Å². The number of imidazole rings is 1. The quantitative estimate of drug-likeness (QED) is 0.386. The van der Waals surface area contributed by atoms with Gasteiger partial charge in [-0.2, -0.15) is 5.21 Å². The monoisotopic (exact) mass is 484 g/mol. The average molecular weight is 485 g/mol. The van der Waals surface area contributed by atoms with Crippen molar-refractivity contribution in [3.63, 3.8) is 0 Å². The van der Waals surface area contributed by atoms with E-state index in [0.717, 1.165) is 42.0 Å². The summed E-state index contributed by atoms with van der Waals surface area (Å²) >= 11 is 0. The molecule has 0 radical (unpaired) electrons. The van der Waals surface area contributed by atoms with Crippen LogP contribution in [-0.2, 0) is 24.9 Å². The van der Waals surface area contributed by atoms with Crippen molar-refractivity contribution in [2.45, 2.75) is 58.5 Å². The summed E-state index contributed by atoms with van der Waals surface area (Å²) in [6, 6.07) is 12.2. The first kappa shape index (κ1) is 23.7. The Morgan fingerprint density at radius 1 is 1.19 bits per heavy atom. The molecule has 0 aliphatic carbocycles. The van der Waals surface area contributed by atoms with E-state index in [1.165, 1.54) is 0 Å². The lowest BCUT2D eigenvalue weighted by Crippen LogP contribution is -2.37. The highest BCUT2D eigenvalue weighted by Crippen LogP contribution is 2.35. The first-order chi connectivity index (χ1) is 17.5. The summed E-state index contributed by atoms with van der Waals surface area (Å²) in [5, 5.41) is 14.5. The molecule has 1 atom stereocenters. The minimum atomic E-state index is -0.431. The van der Waals surface area contributed by atoms with Crippen molar-refractivity contribution < 1.29 is 0 Å². The summed E-state index contributed by atoms with van der Waals surface area (Å²) in [6.07, 6.45) is 12.4. The van der Waals surface area contributed by atoms with E-state index in [4.69, 9.17) is 0 Å². The Labute approximate surface area is 210 Å². The zero-order chi connectivity index (χ0) is 25.1. The lowest BCUT2D eigenvalue weighted by molar-refractivity contribution is 0.438. The summed E-state index contributed by atoms with van der Waals surface area (Å²) in [6.45, 7) is 7.88. The third-order valence-corrected chi connectivity index (χ3v) is 6.70. The average Bonchev–Trinajstić information content (AvgIpc) is 3.63. The van der Waals surface area contributed by atoms with E-state index in [1.807, 2.05) is 53.6 Å². The Balaban J connectivity index is 1.59. The fraction of sp³-hybridized carbons (Fsp3) is 0.370. The Morgan fingerprint density at radius 2 is 2.08 bits per heavy atom. The molecule has 9 heteroatoms. The zero-order valence-corrected chi connectivity index (χ0v) is 21.0. The number of rotatable bonds is 9. The number of allylic oxidation sites excluding steroid dienone is 1. The van der Waals surface area contributed by atoms with Crippen LogP contribution in [0.4, 0.5) is 0 Å². The maximum absolute atomic E-state index is 13.9. The van der Waals surface area contributed by atoms with Crippen LogP contribution in [0.2, 0.25) is 0 Å². The van der Waals surface area contributed by atoms with Crippen molar-refractivity contribution in [3.8, 4) is 17.2 Å². The second kappa shape index (κ2) is 9.93. The Bertz CT molecular complexity index is 1440. The molecular weight excluding hydrogens is 452 g/mol. The number of H-pyrrole nitrogens is 1. The van der Waals surface area contributed by atoms with Gasteiger partial charge in [0.1, 0.15) is 5.82 Å². The molecule has 4 heterocycles. The van der Waals surface area contributed by atoms with E-state index >= 15 is 0 Å². The lowest BCUT2D eigenvalue weighted by Gasteiger charge is -2.32. The van der Waals surface area contributed by atoms with Gasteiger partial charge in [0.2, 0.25) is 5.82 Å². The molecule has 0 saturated heterocycles. The number of benzene rings is 1. The van der Waals surface area contributed by atoms with Crippen LogP contribution >= 0.6 is 0 Å². The number of hydrogen-bond donors (Lipinski definition) is 1. The molecule has 9 nitrogen and oxygen atoms in total. The van der Waals surface area contributed by atoms with Gasteiger partial charge in [-0.05, 0) is 47.7 Å². The topological polar surface area (TPSA) is 98.7 Å². The first-order valence-electron chi connectivity index (χ1n) is 12.5. The van der Waals surface area contributed by atoms with Gasteiger partial charge >= 0.3 is 5.69 Å². The molecule has 36 heavy (non-hydrogen) atoms. The number of aromatic nitrogens is 7. The zero-order valence-electron chi connectivity index (χ0n) is 21.0. The fourth-order valence-corrected chi connectivity index (χ4v) is 4.97. The van der Waals surface area contributed by atoms with Gasteiger partial charge in [-0.25, -0.2) is 4.79 Å². The summed E-state index contributed by atoms with van der Waals surface area (Å²) in [5.74, 6) is 1.92. The molecule has 0 fully saturated rings. The van der Waals surface area contributed by atoms with Crippen molar-refractivity contribution in [3.05, 3.63) is 82.8 Å². The summed E-state index contributed by atoms with van der Waals surface area (Å²) in [7, 11) is 0. The smallest absolute Gasteiger partial charge is 0.334 e. The summed E-state index contributed by atoms with van der Waals surface area (Å²) in [5.41, 5.74) is 2.54. The fourth-order valence-electron chi connectivity index (χ4n) is 4.97. The molecule has 0 saturated carbocycles. The third-order valence-electron chi connectivity index (χ3n) is 6.70. The normalized spacial score (nSPS) is 17.3. The first-order valence-corrected chi connectivity index (χ1v) is 12.5. The van der Waals surface area contributed by atoms with Crippen LogP contribution in [0.25, 0.3) is 17.2 Å². The van der Waals surface area contributed by atoms with Gasteiger partial charge in [0, 0.05) is 54.6 Å². The number of nitrogens with one attached hydrogen (secondary N) is 1. The standard InChI is InChI=1S/C27H32N8O/c1-4-7-23-18-34(24-10-6-15-33(24)17-20(2)3)26(36)35(23)19-27(11-13-28-14-12-27)22-9-5-8-21(16-22)25-29-31-32-30-25/h5-6,8-11,13-16,18,20H,4,7,12,17,19H2,1-3H3,(H,29,30,31,32). The third kappa shape index (κ3) is 4.48. The predicted octanol–water partition coefficient (Wildman–Crippen LogP) is 4.16. The van der Waals surface area contributed by atoms with E-state index in [1.54, 1.807) is 4.57 Å². The highest BCUT2D eigenvalue weighted by Gasteiger charge is 2.33. The molecule has 1 unspecified atom stereocenters. The number of nitrogens with zero attached hydrogens (tertiary/aromatic N) is 7. The highest BCUT2D eigenvalue weighted by atomic mass is 16.1.